The Balaban J connectivity index is 2.44. The molecule has 0 aliphatic carbocycles. The first-order chi connectivity index (χ1) is 17.2. The van der Waals surface area contributed by atoms with Gasteiger partial charge in [0.05, 0.1) is 11.9 Å². The second kappa shape index (κ2) is 12.6. The lowest BCUT2D eigenvalue weighted by molar-refractivity contribution is -0.140. The first kappa shape index (κ1) is 30.4. The summed E-state index contributed by atoms with van der Waals surface area (Å²) in [6.07, 6.45) is 2.26. The normalized spacial score (nSPS) is 13.5. The minimum Gasteiger partial charge on any atom is -0.352 e. The van der Waals surface area contributed by atoms with E-state index < -0.39 is 28.5 Å². The minimum atomic E-state index is -3.76. The van der Waals surface area contributed by atoms with Crippen molar-refractivity contribution in [1.82, 2.24) is 10.2 Å². The van der Waals surface area contributed by atoms with Crippen LogP contribution in [0.3, 0.4) is 0 Å². The lowest BCUT2D eigenvalue weighted by Crippen LogP contribution is -2.53. The second-order valence-electron chi connectivity index (χ2n) is 10.8. The van der Waals surface area contributed by atoms with Crippen LogP contribution in [0.2, 0.25) is 0 Å². The highest BCUT2D eigenvalue weighted by Gasteiger charge is 2.32. The maximum absolute atomic E-state index is 13.8. The maximum Gasteiger partial charge on any atom is 0.244 e. The van der Waals surface area contributed by atoms with Gasteiger partial charge in [0, 0.05) is 12.6 Å². The molecule has 2 rings (SSSR count). The van der Waals surface area contributed by atoms with Crippen molar-refractivity contribution in [2.45, 2.75) is 85.4 Å². The van der Waals surface area contributed by atoms with E-state index in [1.54, 1.807) is 12.1 Å². The summed E-state index contributed by atoms with van der Waals surface area (Å²) in [5, 5.41) is 2.98. The van der Waals surface area contributed by atoms with Gasteiger partial charge < -0.3 is 10.2 Å². The van der Waals surface area contributed by atoms with Gasteiger partial charge >= 0.3 is 0 Å². The number of sulfonamides is 1. The van der Waals surface area contributed by atoms with Gasteiger partial charge in [-0.05, 0) is 55.4 Å². The Hall–Kier alpha value is -2.87. The molecule has 0 bridgehead atoms. The molecule has 2 aromatic carbocycles. The number of amides is 2. The summed E-state index contributed by atoms with van der Waals surface area (Å²) in [6, 6.07) is 14.2. The lowest BCUT2D eigenvalue weighted by Gasteiger charge is -2.33. The first-order valence-electron chi connectivity index (χ1n) is 12.9. The van der Waals surface area contributed by atoms with Crippen LogP contribution in [0, 0.1) is 6.92 Å². The number of carbonyl (C=O) groups is 2. The molecule has 204 valence electrons. The van der Waals surface area contributed by atoms with Gasteiger partial charge in [0.2, 0.25) is 21.8 Å². The largest absolute Gasteiger partial charge is 0.352 e. The summed E-state index contributed by atoms with van der Waals surface area (Å²) >= 11 is 0. The number of hydrogen-bond donors (Lipinski definition) is 1. The average Bonchev–Trinajstić information content (AvgIpc) is 2.82. The summed E-state index contributed by atoms with van der Waals surface area (Å²) in [5.41, 5.74) is 3.34. The number of aryl methyl sites for hydroxylation is 1. The summed E-state index contributed by atoms with van der Waals surface area (Å²) < 4.78 is 26.7. The van der Waals surface area contributed by atoms with Gasteiger partial charge in [0.25, 0.3) is 0 Å². The van der Waals surface area contributed by atoms with E-state index in [1.807, 2.05) is 64.1 Å². The van der Waals surface area contributed by atoms with E-state index in [2.05, 4.69) is 26.1 Å². The molecule has 2 unspecified atom stereocenters. The second-order valence-corrected chi connectivity index (χ2v) is 12.7. The molecule has 7 nitrogen and oxygen atoms in total. The number of carbonyl (C=O) groups excluding carboxylic acids is 2. The highest BCUT2D eigenvalue weighted by Crippen LogP contribution is 2.26. The number of rotatable bonds is 11. The zero-order valence-electron chi connectivity index (χ0n) is 23.5. The van der Waals surface area contributed by atoms with Crippen LogP contribution in [0.4, 0.5) is 5.69 Å². The average molecular weight is 530 g/mol. The van der Waals surface area contributed by atoms with Crippen LogP contribution in [0.5, 0.6) is 0 Å². The predicted molar refractivity (Wildman–Crippen MR) is 151 cm³/mol. The first-order valence-corrected chi connectivity index (χ1v) is 14.8. The molecule has 0 spiro atoms. The third-order valence-electron chi connectivity index (χ3n) is 6.56. The summed E-state index contributed by atoms with van der Waals surface area (Å²) in [6.45, 7) is 13.8. The Morgan fingerprint density at radius 1 is 0.946 bits per heavy atom. The zero-order chi connectivity index (χ0) is 28.0. The van der Waals surface area contributed by atoms with Crippen molar-refractivity contribution in [3.05, 3.63) is 65.2 Å². The Bertz CT molecular complexity index is 1150. The molecule has 2 atom stereocenters. The molecular formula is C29H43N3O4S. The Morgan fingerprint density at radius 2 is 1.51 bits per heavy atom. The SMILES string of the molecule is CCC(C)NC(=O)C(CC)N(Cc1ccc(C)cc1)C(=O)CN(c1ccc(C(C)(C)C)cc1)S(C)(=O)=O. The van der Waals surface area contributed by atoms with Crippen LogP contribution in [0.15, 0.2) is 48.5 Å². The molecular weight excluding hydrogens is 486 g/mol. The Kier molecular flexibility index (Phi) is 10.3. The molecule has 0 aromatic heterocycles. The van der Waals surface area contributed by atoms with Crippen LogP contribution in [0.25, 0.3) is 0 Å². The maximum atomic E-state index is 13.8. The summed E-state index contributed by atoms with van der Waals surface area (Å²) in [4.78, 5) is 28.5. The molecule has 1 N–H and O–H groups in total. The molecule has 0 fully saturated rings. The van der Waals surface area contributed by atoms with Crippen LogP contribution in [0.1, 0.15) is 71.1 Å². The topological polar surface area (TPSA) is 86.8 Å². The number of benzene rings is 2. The van der Waals surface area contributed by atoms with Crippen molar-refractivity contribution >= 4 is 27.5 Å². The van der Waals surface area contributed by atoms with Crippen LogP contribution < -0.4 is 9.62 Å². The molecule has 0 aliphatic rings. The standard InChI is InChI=1S/C29H43N3O4S/c1-9-22(4)30-28(34)26(10-2)31(19-23-13-11-21(3)12-14-23)27(33)20-32(37(8,35)36)25-17-15-24(16-18-25)29(5,6)7/h11-18,22,26H,9-10,19-20H2,1-8H3,(H,30,34). The number of nitrogens with one attached hydrogen (secondary N) is 1. The van der Waals surface area contributed by atoms with E-state index in [4.69, 9.17) is 0 Å². The van der Waals surface area contributed by atoms with Crippen molar-refractivity contribution in [2.75, 3.05) is 17.1 Å². The van der Waals surface area contributed by atoms with Gasteiger partial charge in [-0.2, -0.15) is 0 Å². The predicted octanol–water partition coefficient (Wildman–Crippen LogP) is 4.78. The van der Waals surface area contributed by atoms with Crippen LogP contribution in [-0.4, -0.2) is 50.0 Å². The molecule has 8 heteroatoms. The fourth-order valence-electron chi connectivity index (χ4n) is 3.99. The Morgan fingerprint density at radius 3 is 1.97 bits per heavy atom. The molecule has 2 aromatic rings. The zero-order valence-corrected chi connectivity index (χ0v) is 24.4. The fraction of sp³-hybridized carbons (Fsp3) is 0.517. The van der Waals surface area contributed by atoms with Gasteiger partial charge in [-0.3, -0.25) is 13.9 Å². The van der Waals surface area contributed by atoms with Gasteiger partial charge in [-0.15, -0.1) is 0 Å². The summed E-state index contributed by atoms with van der Waals surface area (Å²) in [7, 11) is -3.76. The summed E-state index contributed by atoms with van der Waals surface area (Å²) in [5.74, 6) is -0.671. The van der Waals surface area contributed by atoms with E-state index in [0.717, 1.165) is 33.7 Å². The minimum absolute atomic E-state index is 0.0354. The van der Waals surface area contributed by atoms with Crippen molar-refractivity contribution in [2.24, 2.45) is 0 Å². The van der Waals surface area contributed by atoms with Gasteiger partial charge in [-0.25, -0.2) is 8.42 Å². The molecule has 0 saturated heterocycles. The molecule has 0 aliphatic heterocycles. The number of anilines is 1. The smallest absolute Gasteiger partial charge is 0.244 e. The van der Waals surface area contributed by atoms with Crippen molar-refractivity contribution in [3.63, 3.8) is 0 Å². The van der Waals surface area contributed by atoms with Crippen LogP contribution >= 0.6 is 0 Å². The van der Waals surface area contributed by atoms with Crippen molar-refractivity contribution < 1.29 is 18.0 Å². The van der Waals surface area contributed by atoms with E-state index in [-0.39, 0.29) is 23.9 Å². The lowest BCUT2D eigenvalue weighted by atomic mass is 9.87. The molecule has 0 saturated carbocycles. The third-order valence-corrected chi connectivity index (χ3v) is 7.70. The molecule has 37 heavy (non-hydrogen) atoms. The van der Waals surface area contributed by atoms with Gasteiger partial charge in [0.1, 0.15) is 12.6 Å². The van der Waals surface area contributed by atoms with Gasteiger partial charge in [-0.1, -0.05) is 76.6 Å². The number of nitrogens with zero attached hydrogens (tertiary/aromatic N) is 2. The van der Waals surface area contributed by atoms with Crippen molar-refractivity contribution in [1.29, 1.82) is 0 Å². The molecule has 0 radical (unpaired) electrons. The van der Waals surface area contributed by atoms with Crippen molar-refractivity contribution in [3.8, 4) is 0 Å². The third kappa shape index (κ3) is 8.59. The number of hydrogen-bond acceptors (Lipinski definition) is 4. The van der Waals surface area contributed by atoms with E-state index >= 15 is 0 Å². The monoisotopic (exact) mass is 529 g/mol. The Labute approximate surface area is 223 Å². The highest BCUT2D eigenvalue weighted by molar-refractivity contribution is 7.92. The molecule has 0 heterocycles. The van der Waals surface area contributed by atoms with E-state index in [9.17, 15) is 18.0 Å². The fourth-order valence-corrected chi connectivity index (χ4v) is 4.84. The highest BCUT2D eigenvalue weighted by atomic mass is 32.2. The quantitative estimate of drug-likeness (QED) is 0.454. The van der Waals surface area contributed by atoms with Gasteiger partial charge in [0.15, 0.2) is 0 Å². The van der Waals surface area contributed by atoms with Crippen LogP contribution in [-0.2, 0) is 31.6 Å². The van der Waals surface area contributed by atoms with E-state index in [1.165, 1.54) is 4.90 Å². The van der Waals surface area contributed by atoms with E-state index in [0.29, 0.717) is 12.1 Å². The molecule has 2 amide bonds.